The van der Waals surface area contributed by atoms with Crippen LogP contribution >= 0.6 is 23.4 Å². The first kappa shape index (κ1) is 28.5. The van der Waals surface area contributed by atoms with Crippen molar-refractivity contribution in [1.82, 2.24) is 9.88 Å². The lowest BCUT2D eigenvalue weighted by molar-refractivity contribution is -0.153. The van der Waals surface area contributed by atoms with Gasteiger partial charge in [0.15, 0.2) is 0 Å². The van der Waals surface area contributed by atoms with Gasteiger partial charge in [-0.2, -0.15) is 0 Å². The van der Waals surface area contributed by atoms with Crippen LogP contribution in [0.25, 0.3) is 10.9 Å². The fourth-order valence-corrected chi connectivity index (χ4v) is 6.30. The van der Waals surface area contributed by atoms with E-state index in [4.69, 9.17) is 21.1 Å². The quantitative estimate of drug-likeness (QED) is 0.204. The third kappa shape index (κ3) is 6.72. The van der Waals surface area contributed by atoms with E-state index >= 15 is 0 Å². The number of hydrogen-bond acceptors (Lipinski definition) is 7. The van der Waals surface area contributed by atoms with Crippen LogP contribution in [-0.2, 0) is 4.79 Å². The van der Waals surface area contributed by atoms with Crippen molar-refractivity contribution < 1.29 is 24.5 Å². The molecule has 1 fully saturated rings. The van der Waals surface area contributed by atoms with E-state index in [2.05, 4.69) is 16.0 Å². The highest BCUT2D eigenvalue weighted by Crippen LogP contribution is 2.41. The van der Waals surface area contributed by atoms with Crippen LogP contribution in [0.3, 0.4) is 0 Å². The maximum atomic E-state index is 12.4. The third-order valence-corrected chi connectivity index (χ3v) is 8.87. The molecule has 0 bridgehead atoms. The number of nitrogens with zero attached hydrogens (tertiary/aromatic N) is 2. The lowest BCUT2D eigenvalue weighted by Gasteiger charge is -2.39. The highest BCUT2D eigenvalue weighted by molar-refractivity contribution is 7.99. The summed E-state index contributed by atoms with van der Waals surface area (Å²) in [7, 11) is 3.25. The van der Waals surface area contributed by atoms with Gasteiger partial charge in [0.05, 0.1) is 36.3 Å². The third-order valence-electron chi connectivity index (χ3n) is 7.49. The Hall–Kier alpha value is -2.52. The van der Waals surface area contributed by atoms with E-state index < -0.39 is 17.5 Å². The molecule has 0 aliphatic carbocycles. The van der Waals surface area contributed by atoms with E-state index in [1.165, 1.54) is 11.1 Å². The molecule has 7 nitrogen and oxygen atoms in total. The lowest BCUT2D eigenvalue weighted by atomic mass is 9.74. The summed E-state index contributed by atoms with van der Waals surface area (Å²) in [5, 5.41) is 22.4. The van der Waals surface area contributed by atoms with Crippen LogP contribution in [0.4, 0.5) is 0 Å². The molecule has 1 aromatic heterocycles. The summed E-state index contributed by atoms with van der Waals surface area (Å²) < 4.78 is 10.6. The first-order chi connectivity index (χ1) is 18.3. The number of carboxylic acid groups (broad SMARTS) is 1. The van der Waals surface area contributed by atoms with Gasteiger partial charge >= 0.3 is 5.97 Å². The number of ether oxygens (including phenoxy) is 2. The van der Waals surface area contributed by atoms with E-state index in [-0.39, 0.29) is 0 Å². The average molecular weight is 559 g/mol. The summed E-state index contributed by atoms with van der Waals surface area (Å²) in [6.45, 7) is 2.42. The Morgan fingerprint density at radius 1 is 1.16 bits per heavy atom. The van der Waals surface area contributed by atoms with Crippen molar-refractivity contribution >= 4 is 40.2 Å². The van der Waals surface area contributed by atoms with Crippen molar-refractivity contribution in [3.63, 3.8) is 0 Å². The van der Waals surface area contributed by atoms with Gasteiger partial charge in [-0.25, -0.2) is 0 Å². The number of aliphatic carboxylic acids is 1. The molecule has 204 valence electrons. The number of fused-ring (bicyclic) bond motifs is 1. The predicted octanol–water partition coefficient (Wildman–Crippen LogP) is 6.07. The van der Waals surface area contributed by atoms with Crippen LogP contribution in [-0.4, -0.2) is 65.7 Å². The number of aromatic nitrogens is 1. The Bertz CT molecular complexity index is 1250. The van der Waals surface area contributed by atoms with E-state index in [0.29, 0.717) is 47.5 Å². The summed E-state index contributed by atoms with van der Waals surface area (Å²) >= 11 is 8.26. The average Bonchev–Trinajstić information content (AvgIpc) is 2.94. The Morgan fingerprint density at radius 2 is 1.89 bits per heavy atom. The van der Waals surface area contributed by atoms with Crippen LogP contribution < -0.4 is 9.47 Å². The van der Waals surface area contributed by atoms with Crippen molar-refractivity contribution in [3.05, 3.63) is 59.2 Å². The van der Waals surface area contributed by atoms with Crippen LogP contribution in [0.2, 0.25) is 5.02 Å². The van der Waals surface area contributed by atoms with Gasteiger partial charge < -0.3 is 24.6 Å². The van der Waals surface area contributed by atoms with Crippen LogP contribution in [0.15, 0.2) is 53.6 Å². The Labute approximate surface area is 233 Å². The molecule has 0 spiro atoms. The molecule has 3 aromatic rings. The van der Waals surface area contributed by atoms with E-state index in [9.17, 15) is 15.0 Å². The van der Waals surface area contributed by atoms with Gasteiger partial charge in [0, 0.05) is 22.0 Å². The zero-order chi connectivity index (χ0) is 27.1. The van der Waals surface area contributed by atoms with Gasteiger partial charge in [-0.15, -0.1) is 11.8 Å². The van der Waals surface area contributed by atoms with Crippen molar-refractivity contribution in [1.29, 1.82) is 0 Å². The van der Waals surface area contributed by atoms with Gasteiger partial charge in [-0.05, 0) is 93.9 Å². The number of halogens is 1. The lowest BCUT2D eigenvalue weighted by Crippen LogP contribution is -2.44. The van der Waals surface area contributed by atoms with Gasteiger partial charge in [0.1, 0.15) is 11.5 Å². The second-order valence-corrected chi connectivity index (χ2v) is 11.3. The number of methoxy groups -OCH3 is 2. The number of carbonyl (C=O) groups is 1. The van der Waals surface area contributed by atoms with Crippen molar-refractivity contribution in [3.8, 4) is 11.5 Å². The fraction of sp³-hybridized carbons (Fsp3) is 0.448. The number of pyridine rings is 1. The topological polar surface area (TPSA) is 92.1 Å². The van der Waals surface area contributed by atoms with E-state index in [1.807, 2.05) is 36.4 Å². The molecule has 2 aromatic carbocycles. The Morgan fingerprint density at radius 3 is 2.61 bits per heavy atom. The number of aliphatic hydroxyl groups is 1. The fourth-order valence-electron chi connectivity index (χ4n) is 5.14. The molecule has 1 saturated heterocycles. The molecule has 0 saturated carbocycles. The molecule has 4 rings (SSSR count). The van der Waals surface area contributed by atoms with Crippen LogP contribution in [0.1, 0.15) is 43.8 Å². The molecule has 0 unspecified atom stereocenters. The molecule has 1 atom stereocenters. The molecule has 9 heteroatoms. The minimum Gasteiger partial charge on any atom is -0.497 e. The molecular weight excluding hydrogens is 524 g/mol. The zero-order valence-electron chi connectivity index (χ0n) is 21.9. The second kappa shape index (κ2) is 13.0. The molecule has 2 N–H and O–H groups in total. The maximum absolute atomic E-state index is 12.4. The number of benzene rings is 2. The first-order valence-corrected chi connectivity index (χ1v) is 14.2. The monoisotopic (exact) mass is 558 g/mol. The largest absolute Gasteiger partial charge is 0.497 e. The Kier molecular flexibility index (Phi) is 9.76. The van der Waals surface area contributed by atoms with Crippen molar-refractivity contribution in [2.24, 2.45) is 5.41 Å². The number of thioether (sulfide) groups is 1. The number of carboxylic acids is 1. The molecule has 1 aliphatic rings. The highest BCUT2D eigenvalue weighted by atomic mass is 35.5. The van der Waals surface area contributed by atoms with Gasteiger partial charge in [-0.1, -0.05) is 17.7 Å². The molecule has 0 radical (unpaired) electrons. The summed E-state index contributed by atoms with van der Waals surface area (Å²) in [6.07, 6.45) is 3.48. The SMILES string of the molecule is COc1cccc(SCCCN2CCC(CC[C@@H](O)c3c(Cl)cnc4ccc(OC)cc34)(C(=O)O)CC2)c1. The maximum Gasteiger partial charge on any atom is 0.309 e. The van der Waals surface area contributed by atoms with E-state index in [0.717, 1.165) is 42.9 Å². The predicted molar refractivity (Wildman–Crippen MR) is 152 cm³/mol. The number of rotatable bonds is 12. The number of hydrogen-bond donors (Lipinski definition) is 2. The standard InChI is InChI=1S/C29H35ClN2O5S/c1-36-20-5-3-6-22(17-20)38-16-4-13-32-14-11-29(12-15-32,28(34)35)10-9-26(33)27-23-18-21(37-2)7-8-25(23)31-19-24(27)30/h3,5-8,17-19,26,33H,4,9-16H2,1-2H3,(H,34,35)/t26-/m1/s1. The summed E-state index contributed by atoms with van der Waals surface area (Å²) in [6, 6.07) is 13.5. The van der Waals surface area contributed by atoms with Crippen LogP contribution in [0.5, 0.6) is 11.5 Å². The minimum atomic E-state index is -0.900. The molecule has 38 heavy (non-hydrogen) atoms. The minimum absolute atomic E-state index is 0.305. The molecular formula is C29H35ClN2O5S. The van der Waals surface area contributed by atoms with Crippen molar-refractivity contribution in [2.75, 3.05) is 39.6 Å². The van der Waals surface area contributed by atoms with E-state index in [1.54, 1.807) is 26.0 Å². The van der Waals surface area contributed by atoms with Gasteiger partial charge in [-0.3, -0.25) is 9.78 Å². The van der Waals surface area contributed by atoms with Crippen LogP contribution in [0, 0.1) is 5.41 Å². The Balaban J connectivity index is 1.32. The summed E-state index contributed by atoms with van der Waals surface area (Å²) in [5.74, 6) is 1.71. The van der Waals surface area contributed by atoms with Crippen molar-refractivity contribution in [2.45, 2.75) is 43.1 Å². The van der Waals surface area contributed by atoms with Gasteiger partial charge in [0.2, 0.25) is 0 Å². The van der Waals surface area contributed by atoms with Gasteiger partial charge in [0.25, 0.3) is 0 Å². The number of piperidine rings is 1. The molecule has 0 amide bonds. The molecule has 1 aliphatic heterocycles. The number of likely N-dealkylation sites (tertiary alicyclic amines) is 1. The zero-order valence-corrected chi connectivity index (χ0v) is 23.4. The summed E-state index contributed by atoms with van der Waals surface area (Å²) in [4.78, 5) is 20.3. The first-order valence-electron chi connectivity index (χ1n) is 12.9. The second-order valence-electron chi connectivity index (χ2n) is 9.77. The smallest absolute Gasteiger partial charge is 0.309 e. The highest BCUT2D eigenvalue weighted by Gasteiger charge is 2.41. The normalized spacial score (nSPS) is 16.3. The number of aliphatic hydroxyl groups excluding tert-OH is 1. The molecule has 2 heterocycles. The summed E-state index contributed by atoms with van der Waals surface area (Å²) in [5.41, 5.74) is 0.428.